The molecule has 0 aliphatic rings. The summed E-state index contributed by atoms with van der Waals surface area (Å²) in [7, 11) is -3.46. The standard InChI is InChI=1S/C21H24N2O3S2/c1-4-15(2)22-21(24)20-13-17-12-18(10-11-19(17)27-20)23(28(3,25)26)14-16-8-6-5-7-9-16/h5-13,15H,4,14H2,1-3H3,(H,22,24)/t15-/m1/s1. The summed E-state index contributed by atoms with van der Waals surface area (Å²) in [5, 5.41) is 3.83. The third-order valence-electron chi connectivity index (χ3n) is 4.57. The van der Waals surface area contributed by atoms with E-state index >= 15 is 0 Å². The van der Waals surface area contributed by atoms with Gasteiger partial charge in [0.1, 0.15) is 0 Å². The van der Waals surface area contributed by atoms with E-state index in [-0.39, 0.29) is 18.5 Å². The van der Waals surface area contributed by atoms with Gasteiger partial charge in [-0.3, -0.25) is 9.10 Å². The predicted molar refractivity (Wildman–Crippen MR) is 117 cm³/mol. The minimum atomic E-state index is -3.46. The van der Waals surface area contributed by atoms with E-state index in [9.17, 15) is 13.2 Å². The molecule has 0 fully saturated rings. The Bertz CT molecular complexity index is 1080. The number of rotatable bonds is 7. The van der Waals surface area contributed by atoms with Crippen molar-refractivity contribution in [2.45, 2.75) is 32.9 Å². The van der Waals surface area contributed by atoms with E-state index in [1.165, 1.54) is 21.9 Å². The lowest BCUT2D eigenvalue weighted by Crippen LogP contribution is -2.31. The van der Waals surface area contributed by atoms with Crippen molar-refractivity contribution in [2.75, 3.05) is 10.6 Å². The molecule has 3 aromatic rings. The van der Waals surface area contributed by atoms with Gasteiger partial charge in [-0.25, -0.2) is 8.42 Å². The summed E-state index contributed by atoms with van der Waals surface area (Å²) >= 11 is 1.41. The van der Waals surface area contributed by atoms with Crippen molar-refractivity contribution >= 4 is 43.0 Å². The summed E-state index contributed by atoms with van der Waals surface area (Å²) in [5.74, 6) is -0.0960. The van der Waals surface area contributed by atoms with Crippen molar-refractivity contribution in [3.8, 4) is 0 Å². The average molecular weight is 417 g/mol. The lowest BCUT2D eigenvalue weighted by molar-refractivity contribution is 0.0943. The molecule has 1 N–H and O–H groups in total. The molecule has 0 bridgehead atoms. The summed E-state index contributed by atoms with van der Waals surface area (Å²) in [6.45, 7) is 4.25. The molecule has 1 heterocycles. The van der Waals surface area contributed by atoms with Gasteiger partial charge in [0, 0.05) is 10.7 Å². The van der Waals surface area contributed by atoms with E-state index < -0.39 is 10.0 Å². The van der Waals surface area contributed by atoms with Gasteiger partial charge < -0.3 is 5.32 Å². The number of thiophene rings is 1. The molecular weight excluding hydrogens is 392 g/mol. The molecule has 1 amide bonds. The summed E-state index contributed by atoms with van der Waals surface area (Å²) in [4.78, 5) is 13.0. The van der Waals surface area contributed by atoms with E-state index in [2.05, 4.69) is 5.32 Å². The molecule has 3 rings (SSSR count). The van der Waals surface area contributed by atoms with Crippen LogP contribution in [0.25, 0.3) is 10.1 Å². The maximum absolute atomic E-state index is 12.4. The maximum Gasteiger partial charge on any atom is 0.261 e. The highest BCUT2D eigenvalue weighted by molar-refractivity contribution is 7.92. The number of hydrogen-bond acceptors (Lipinski definition) is 4. The first kappa shape index (κ1) is 20.4. The molecule has 0 radical (unpaired) electrons. The number of nitrogens with one attached hydrogen (secondary N) is 1. The molecule has 0 spiro atoms. The van der Waals surface area contributed by atoms with Crippen LogP contribution in [0, 0.1) is 0 Å². The van der Waals surface area contributed by atoms with E-state index in [1.807, 2.05) is 62.4 Å². The fraction of sp³-hybridized carbons (Fsp3) is 0.286. The number of hydrogen-bond donors (Lipinski definition) is 1. The topological polar surface area (TPSA) is 66.5 Å². The highest BCUT2D eigenvalue weighted by Gasteiger charge is 2.19. The fourth-order valence-corrected chi connectivity index (χ4v) is 4.67. The number of amides is 1. The normalized spacial score (nSPS) is 12.7. The highest BCUT2D eigenvalue weighted by Crippen LogP contribution is 2.31. The second kappa shape index (κ2) is 8.32. The molecular formula is C21H24N2O3S2. The summed E-state index contributed by atoms with van der Waals surface area (Å²) in [5.41, 5.74) is 1.50. The van der Waals surface area contributed by atoms with Gasteiger partial charge in [0.25, 0.3) is 5.91 Å². The summed E-state index contributed by atoms with van der Waals surface area (Å²) in [6, 6.07) is 16.9. The zero-order chi connectivity index (χ0) is 20.3. The summed E-state index contributed by atoms with van der Waals surface area (Å²) in [6.07, 6.45) is 2.07. The SMILES string of the molecule is CC[C@@H](C)NC(=O)c1cc2cc(N(Cc3ccccc3)S(C)(=O)=O)ccc2s1. The molecule has 1 aromatic heterocycles. The van der Waals surface area contributed by atoms with Crippen molar-refractivity contribution < 1.29 is 13.2 Å². The van der Waals surface area contributed by atoms with Crippen LogP contribution in [0.5, 0.6) is 0 Å². The van der Waals surface area contributed by atoms with Crippen LogP contribution in [-0.2, 0) is 16.6 Å². The van der Waals surface area contributed by atoms with Gasteiger partial charge in [-0.15, -0.1) is 11.3 Å². The first-order valence-electron chi connectivity index (χ1n) is 9.14. The van der Waals surface area contributed by atoms with Crippen LogP contribution in [0.1, 0.15) is 35.5 Å². The number of benzene rings is 2. The molecule has 5 nitrogen and oxygen atoms in total. The predicted octanol–water partition coefficient (Wildman–Crippen LogP) is 4.40. The van der Waals surface area contributed by atoms with E-state index in [1.54, 1.807) is 6.07 Å². The number of fused-ring (bicyclic) bond motifs is 1. The van der Waals surface area contributed by atoms with E-state index in [4.69, 9.17) is 0 Å². The second-order valence-corrected chi connectivity index (χ2v) is 9.86. The van der Waals surface area contributed by atoms with Crippen molar-refractivity contribution in [3.63, 3.8) is 0 Å². The molecule has 0 saturated carbocycles. The number of anilines is 1. The first-order chi connectivity index (χ1) is 13.3. The van der Waals surface area contributed by atoms with Gasteiger partial charge in [0.05, 0.1) is 23.4 Å². The van der Waals surface area contributed by atoms with Gasteiger partial charge in [0.2, 0.25) is 10.0 Å². The quantitative estimate of drug-likeness (QED) is 0.621. The number of nitrogens with zero attached hydrogens (tertiary/aromatic N) is 1. The maximum atomic E-state index is 12.4. The van der Waals surface area contributed by atoms with Crippen LogP contribution < -0.4 is 9.62 Å². The fourth-order valence-electron chi connectivity index (χ4n) is 2.84. The third kappa shape index (κ3) is 4.72. The summed E-state index contributed by atoms with van der Waals surface area (Å²) < 4.78 is 27.1. The first-order valence-corrected chi connectivity index (χ1v) is 11.8. The Balaban J connectivity index is 1.93. The number of carbonyl (C=O) groups excluding carboxylic acids is 1. The van der Waals surface area contributed by atoms with E-state index in [0.717, 1.165) is 22.1 Å². The van der Waals surface area contributed by atoms with Crippen LogP contribution in [0.15, 0.2) is 54.6 Å². The Labute approximate surface area is 170 Å². The van der Waals surface area contributed by atoms with Crippen molar-refractivity contribution in [1.82, 2.24) is 5.32 Å². The van der Waals surface area contributed by atoms with Gasteiger partial charge in [-0.1, -0.05) is 37.3 Å². The van der Waals surface area contributed by atoms with Crippen molar-refractivity contribution in [2.24, 2.45) is 0 Å². The molecule has 0 aliphatic heterocycles. The Morgan fingerprint density at radius 1 is 1.14 bits per heavy atom. The largest absolute Gasteiger partial charge is 0.349 e. The monoisotopic (exact) mass is 416 g/mol. The van der Waals surface area contributed by atoms with Gasteiger partial charge >= 0.3 is 0 Å². The zero-order valence-electron chi connectivity index (χ0n) is 16.2. The molecule has 0 aliphatic carbocycles. The second-order valence-electron chi connectivity index (χ2n) is 6.87. The average Bonchev–Trinajstić information content (AvgIpc) is 3.09. The third-order valence-corrected chi connectivity index (χ3v) is 6.83. The van der Waals surface area contributed by atoms with Crippen LogP contribution in [0.4, 0.5) is 5.69 Å². The van der Waals surface area contributed by atoms with Crippen LogP contribution in [0.3, 0.4) is 0 Å². The van der Waals surface area contributed by atoms with Gasteiger partial charge in [-0.05, 0) is 48.6 Å². The lowest BCUT2D eigenvalue weighted by atomic mass is 10.2. The Morgan fingerprint density at radius 3 is 2.50 bits per heavy atom. The number of sulfonamides is 1. The molecule has 148 valence electrons. The molecule has 0 saturated heterocycles. The molecule has 7 heteroatoms. The van der Waals surface area contributed by atoms with E-state index in [0.29, 0.717) is 10.6 Å². The highest BCUT2D eigenvalue weighted by atomic mass is 32.2. The minimum absolute atomic E-state index is 0.0960. The van der Waals surface area contributed by atoms with Crippen LogP contribution in [-0.4, -0.2) is 26.6 Å². The van der Waals surface area contributed by atoms with Gasteiger partial charge in [0.15, 0.2) is 0 Å². The molecule has 2 aromatic carbocycles. The van der Waals surface area contributed by atoms with Crippen molar-refractivity contribution in [3.05, 3.63) is 65.0 Å². The smallest absolute Gasteiger partial charge is 0.261 e. The zero-order valence-corrected chi connectivity index (χ0v) is 17.8. The van der Waals surface area contributed by atoms with Crippen molar-refractivity contribution in [1.29, 1.82) is 0 Å². The van der Waals surface area contributed by atoms with Gasteiger partial charge in [-0.2, -0.15) is 0 Å². The minimum Gasteiger partial charge on any atom is -0.349 e. The molecule has 1 atom stereocenters. The molecule has 28 heavy (non-hydrogen) atoms. The number of carbonyl (C=O) groups is 1. The molecule has 0 unspecified atom stereocenters. The Morgan fingerprint density at radius 2 is 1.86 bits per heavy atom. The van der Waals surface area contributed by atoms with Crippen LogP contribution in [0.2, 0.25) is 0 Å². The lowest BCUT2D eigenvalue weighted by Gasteiger charge is -2.22. The van der Waals surface area contributed by atoms with Crippen LogP contribution >= 0.6 is 11.3 Å². The Kier molecular flexibility index (Phi) is 6.05. The Hall–Kier alpha value is -2.38.